The van der Waals surface area contributed by atoms with Crippen LogP contribution in [0.15, 0.2) is 60.8 Å². The van der Waals surface area contributed by atoms with E-state index in [1.54, 1.807) is 0 Å². The molecule has 184 valence electrons. The highest BCUT2D eigenvalue weighted by Gasteiger charge is 2.23. The number of benzene rings is 2. The Morgan fingerprint density at radius 1 is 1.09 bits per heavy atom. The molecule has 0 unspecified atom stereocenters. The van der Waals surface area contributed by atoms with Gasteiger partial charge in [-0.05, 0) is 68.4 Å². The van der Waals surface area contributed by atoms with Crippen molar-refractivity contribution in [3.05, 3.63) is 88.3 Å². The van der Waals surface area contributed by atoms with E-state index in [0.29, 0.717) is 11.6 Å². The molecular formula is C28H32ClFN4O. The van der Waals surface area contributed by atoms with Gasteiger partial charge < -0.3 is 15.5 Å². The maximum atomic E-state index is 13.4. The predicted molar refractivity (Wildman–Crippen MR) is 141 cm³/mol. The Hall–Kier alpha value is -3.12. The van der Waals surface area contributed by atoms with Crippen LogP contribution >= 0.6 is 11.6 Å². The van der Waals surface area contributed by atoms with Crippen molar-refractivity contribution in [3.8, 4) is 0 Å². The number of aromatic nitrogens is 1. The van der Waals surface area contributed by atoms with Crippen LogP contribution in [-0.4, -0.2) is 36.6 Å². The maximum absolute atomic E-state index is 13.4. The van der Waals surface area contributed by atoms with Crippen molar-refractivity contribution >= 4 is 29.0 Å². The zero-order chi connectivity index (χ0) is 24.8. The molecule has 4 rings (SSSR count). The van der Waals surface area contributed by atoms with Gasteiger partial charge in [-0.15, -0.1) is 0 Å². The summed E-state index contributed by atoms with van der Waals surface area (Å²) in [5.74, 6) is 0.141. The van der Waals surface area contributed by atoms with Crippen LogP contribution in [0.2, 0.25) is 5.02 Å². The zero-order valence-corrected chi connectivity index (χ0v) is 21.0. The van der Waals surface area contributed by atoms with Gasteiger partial charge in [-0.1, -0.05) is 41.9 Å². The molecule has 7 heteroatoms. The van der Waals surface area contributed by atoms with Gasteiger partial charge >= 0.3 is 0 Å². The van der Waals surface area contributed by atoms with E-state index in [-0.39, 0.29) is 17.0 Å². The highest BCUT2D eigenvalue weighted by Crippen LogP contribution is 2.26. The fourth-order valence-corrected chi connectivity index (χ4v) is 4.74. The first-order valence-electron chi connectivity index (χ1n) is 12.1. The van der Waals surface area contributed by atoms with Crippen molar-refractivity contribution in [3.63, 3.8) is 0 Å². The number of pyridine rings is 1. The predicted octanol–water partition coefficient (Wildman–Crippen LogP) is 6.01. The zero-order valence-electron chi connectivity index (χ0n) is 20.2. The van der Waals surface area contributed by atoms with E-state index in [2.05, 4.69) is 64.8 Å². The first kappa shape index (κ1) is 25.0. The standard InChI is InChI=1S/C28H32ClFN4O/c1-19-18-31-27(17-26(19)34(2)15-14-20-6-4-3-5-7-20)32-22-9-11-23(12-10-22)33-28(35)21-8-13-25(30)24(29)16-21/h3-8,13,16-18,22-23H,9-12,14-15H2,1-2H3,(H,31,32)(H,33,35)/t22-,23+. The second-order valence-corrected chi connectivity index (χ2v) is 9.72. The molecule has 1 aliphatic rings. The lowest BCUT2D eigenvalue weighted by molar-refractivity contribution is 0.0926. The molecule has 0 spiro atoms. The highest BCUT2D eigenvalue weighted by atomic mass is 35.5. The SMILES string of the molecule is Cc1cnc(N[C@H]2CC[C@@H](NC(=O)c3ccc(F)c(Cl)c3)CC2)cc1N(C)CCc1ccccc1. The number of hydrogen-bond donors (Lipinski definition) is 2. The normalized spacial score (nSPS) is 17.6. The summed E-state index contributed by atoms with van der Waals surface area (Å²) >= 11 is 5.81. The molecule has 1 aliphatic carbocycles. The molecule has 0 atom stereocenters. The van der Waals surface area contributed by atoms with Gasteiger partial charge in [-0.3, -0.25) is 4.79 Å². The fraction of sp³-hybridized carbons (Fsp3) is 0.357. The molecule has 35 heavy (non-hydrogen) atoms. The quantitative estimate of drug-likeness (QED) is 0.402. The molecule has 3 aromatic rings. The second kappa shape index (κ2) is 11.5. The number of rotatable bonds is 8. The lowest BCUT2D eigenvalue weighted by Gasteiger charge is -2.30. The number of carbonyl (C=O) groups is 1. The lowest BCUT2D eigenvalue weighted by atomic mass is 9.91. The molecule has 5 nitrogen and oxygen atoms in total. The van der Waals surface area contributed by atoms with Crippen LogP contribution in [-0.2, 0) is 6.42 Å². The van der Waals surface area contributed by atoms with Crippen LogP contribution < -0.4 is 15.5 Å². The van der Waals surface area contributed by atoms with Crippen molar-refractivity contribution in [1.29, 1.82) is 0 Å². The molecule has 2 N–H and O–H groups in total. The average Bonchev–Trinajstić information content (AvgIpc) is 2.87. The van der Waals surface area contributed by atoms with Crippen LogP contribution in [0.25, 0.3) is 0 Å². The molecule has 0 radical (unpaired) electrons. The molecule has 1 aromatic heterocycles. The third-order valence-corrected chi connectivity index (χ3v) is 6.95. The van der Waals surface area contributed by atoms with E-state index in [9.17, 15) is 9.18 Å². The van der Waals surface area contributed by atoms with Gasteiger partial charge in [0.05, 0.1) is 5.02 Å². The molecule has 1 amide bonds. The fourth-order valence-electron chi connectivity index (χ4n) is 4.56. The van der Waals surface area contributed by atoms with Crippen molar-refractivity contribution in [2.45, 2.75) is 51.1 Å². The summed E-state index contributed by atoms with van der Waals surface area (Å²) in [4.78, 5) is 19.4. The average molecular weight is 495 g/mol. The topological polar surface area (TPSA) is 57.3 Å². The third kappa shape index (κ3) is 6.73. The number of aryl methyl sites for hydroxylation is 1. The van der Waals surface area contributed by atoms with Gasteiger partial charge in [0, 0.05) is 49.2 Å². The van der Waals surface area contributed by atoms with Gasteiger partial charge in [0.15, 0.2) is 0 Å². The largest absolute Gasteiger partial charge is 0.374 e. The minimum atomic E-state index is -0.523. The van der Waals surface area contributed by atoms with E-state index in [4.69, 9.17) is 11.6 Å². The van der Waals surface area contributed by atoms with Crippen LogP contribution in [0.5, 0.6) is 0 Å². The van der Waals surface area contributed by atoms with Crippen LogP contribution in [0.3, 0.4) is 0 Å². The summed E-state index contributed by atoms with van der Waals surface area (Å²) < 4.78 is 13.4. The summed E-state index contributed by atoms with van der Waals surface area (Å²) in [7, 11) is 2.12. The lowest BCUT2D eigenvalue weighted by Crippen LogP contribution is -2.40. The Bertz CT molecular complexity index is 1150. The summed E-state index contributed by atoms with van der Waals surface area (Å²) in [6.45, 7) is 3.02. The molecule has 0 aliphatic heterocycles. The van der Waals surface area contributed by atoms with E-state index in [1.165, 1.54) is 29.4 Å². The van der Waals surface area contributed by atoms with E-state index >= 15 is 0 Å². The number of amides is 1. The second-order valence-electron chi connectivity index (χ2n) is 9.31. The van der Waals surface area contributed by atoms with Gasteiger partial charge in [0.2, 0.25) is 0 Å². The summed E-state index contributed by atoms with van der Waals surface area (Å²) in [5.41, 5.74) is 4.04. The number of nitrogens with one attached hydrogen (secondary N) is 2. The van der Waals surface area contributed by atoms with E-state index in [0.717, 1.165) is 50.0 Å². The van der Waals surface area contributed by atoms with Gasteiger partial charge in [0.1, 0.15) is 11.6 Å². The number of carbonyl (C=O) groups excluding carboxylic acids is 1. The highest BCUT2D eigenvalue weighted by molar-refractivity contribution is 6.31. The van der Waals surface area contributed by atoms with Gasteiger partial charge in [-0.25, -0.2) is 9.37 Å². The number of likely N-dealkylation sites (N-methyl/N-ethyl adjacent to an activating group) is 1. The Kier molecular flexibility index (Phi) is 8.24. The van der Waals surface area contributed by atoms with E-state index in [1.807, 2.05) is 12.3 Å². The molecular weight excluding hydrogens is 463 g/mol. The Labute approximate surface area is 211 Å². The third-order valence-electron chi connectivity index (χ3n) is 6.66. The van der Waals surface area contributed by atoms with Crippen LogP contribution in [0.1, 0.15) is 47.2 Å². The molecule has 0 saturated heterocycles. The smallest absolute Gasteiger partial charge is 0.251 e. The molecule has 2 aromatic carbocycles. The minimum Gasteiger partial charge on any atom is -0.374 e. The summed E-state index contributed by atoms with van der Waals surface area (Å²) in [6.07, 6.45) is 6.52. The Balaban J connectivity index is 1.28. The molecule has 1 heterocycles. The van der Waals surface area contributed by atoms with Crippen LogP contribution in [0, 0.1) is 12.7 Å². The molecule has 0 bridgehead atoms. The monoisotopic (exact) mass is 494 g/mol. The number of anilines is 2. The van der Waals surface area contributed by atoms with Gasteiger partial charge in [0.25, 0.3) is 5.91 Å². The van der Waals surface area contributed by atoms with Gasteiger partial charge in [-0.2, -0.15) is 0 Å². The van der Waals surface area contributed by atoms with Crippen molar-refractivity contribution in [1.82, 2.24) is 10.3 Å². The van der Waals surface area contributed by atoms with E-state index < -0.39 is 5.82 Å². The van der Waals surface area contributed by atoms with Crippen molar-refractivity contribution < 1.29 is 9.18 Å². The summed E-state index contributed by atoms with van der Waals surface area (Å²) in [5, 5.41) is 6.60. The molecule has 1 saturated carbocycles. The van der Waals surface area contributed by atoms with Crippen LogP contribution in [0.4, 0.5) is 15.9 Å². The summed E-state index contributed by atoms with van der Waals surface area (Å²) in [6, 6.07) is 17.1. The Morgan fingerprint density at radius 2 is 1.80 bits per heavy atom. The maximum Gasteiger partial charge on any atom is 0.251 e. The number of hydrogen-bond acceptors (Lipinski definition) is 4. The first-order valence-corrected chi connectivity index (χ1v) is 12.5. The minimum absolute atomic E-state index is 0.0405. The van der Waals surface area contributed by atoms with Crippen molar-refractivity contribution in [2.24, 2.45) is 0 Å². The van der Waals surface area contributed by atoms with Crippen molar-refractivity contribution in [2.75, 3.05) is 23.8 Å². The first-order chi connectivity index (χ1) is 16.9. The Morgan fingerprint density at radius 3 is 2.51 bits per heavy atom. The molecule has 1 fully saturated rings. The number of halogens is 2. The number of nitrogens with zero attached hydrogens (tertiary/aromatic N) is 2.